The van der Waals surface area contributed by atoms with Crippen LogP contribution in [0.3, 0.4) is 0 Å². The summed E-state index contributed by atoms with van der Waals surface area (Å²) in [6.45, 7) is 7.29. The van der Waals surface area contributed by atoms with Gasteiger partial charge in [-0.2, -0.15) is 4.98 Å². The SMILES string of the molecule is COC(=O)c1c(C)[nH]c(C(=O)NC(c2nc(-c3cccnc3)no2)C(C)C)c1C. The molecule has 3 heterocycles. The molecule has 9 nitrogen and oxygen atoms in total. The van der Waals surface area contributed by atoms with Gasteiger partial charge in [-0.1, -0.05) is 19.0 Å². The van der Waals surface area contributed by atoms with Crippen LogP contribution in [0.5, 0.6) is 0 Å². The molecule has 0 saturated heterocycles. The lowest BCUT2D eigenvalue weighted by Gasteiger charge is -2.18. The third-order valence-corrected chi connectivity index (χ3v) is 4.63. The predicted molar refractivity (Wildman–Crippen MR) is 104 cm³/mol. The highest BCUT2D eigenvalue weighted by atomic mass is 16.5. The Morgan fingerprint density at radius 1 is 1.28 bits per heavy atom. The molecule has 0 aliphatic rings. The first-order chi connectivity index (χ1) is 13.8. The third-order valence-electron chi connectivity index (χ3n) is 4.63. The highest BCUT2D eigenvalue weighted by molar-refractivity contribution is 6.00. The maximum absolute atomic E-state index is 12.9. The Hall–Kier alpha value is -3.49. The lowest BCUT2D eigenvalue weighted by molar-refractivity contribution is 0.0599. The van der Waals surface area contributed by atoms with E-state index in [1.807, 2.05) is 19.9 Å². The van der Waals surface area contributed by atoms with Crippen LogP contribution in [0.2, 0.25) is 0 Å². The molecular formula is C20H23N5O4. The van der Waals surface area contributed by atoms with Crippen LogP contribution in [-0.2, 0) is 4.74 Å². The minimum atomic E-state index is -0.509. The van der Waals surface area contributed by atoms with E-state index in [1.165, 1.54) is 7.11 Å². The zero-order chi connectivity index (χ0) is 21.1. The molecule has 0 radical (unpaired) electrons. The summed E-state index contributed by atoms with van der Waals surface area (Å²) in [4.78, 5) is 36.3. The highest BCUT2D eigenvalue weighted by Gasteiger charge is 2.28. The van der Waals surface area contributed by atoms with Gasteiger partial charge in [0, 0.05) is 23.7 Å². The Bertz CT molecular complexity index is 1020. The summed E-state index contributed by atoms with van der Waals surface area (Å²) in [5, 5.41) is 6.91. The number of nitrogens with one attached hydrogen (secondary N) is 2. The normalized spacial score (nSPS) is 12.1. The molecule has 29 heavy (non-hydrogen) atoms. The lowest BCUT2D eigenvalue weighted by Crippen LogP contribution is -2.32. The van der Waals surface area contributed by atoms with Crippen molar-refractivity contribution in [1.82, 2.24) is 25.4 Å². The number of carbonyl (C=O) groups excluding carboxylic acids is 2. The van der Waals surface area contributed by atoms with Gasteiger partial charge in [0.05, 0.1) is 12.7 Å². The van der Waals surface area contributed by atoms with Gasteiger partial charge in [0.1, 0.15) is 11.7 Å². The Labute approximate surface area is 167 Å². The molecule has 1 atom stereocenters. The van der Waals surface area contributed by atoms with Gasteiger partial charge in [-0.25, -0.2) is 4.79 Å². The van der Waals surface area contributed by atoms with Gasteiger partial charge in [-0.3, -0.25) is 9.78 Å². The maximum Gasteiger partial charge on any atom is 0.339 e. The fourth-order valence-corrected chi connectivity index (χ4v) is 3.09. The highest BCUT2D eigenvalue weighted by Crippen LogP contribution is 2.25. The van der Waals surface area contributed by atoms with Gasteiger partial charge in [0.2, 0.25) is 11.7 Å². The molecule has 3 aromatic rings. The predicted octanol–water partition coefficient (Wildman–Crippen LogP) is 2.99. The van der Waals surface area contributed by atoms with Crippen LogP contribution >= 0.6 is 0 Å². The number of ether oxygens (including phenoxy) is 1. The second-order valence-electron chi connectivity index (χ2n) is 7.01. The molecule has 9 heteroatoms. The number of aromatic amines is 1. The van der Waals surface area contributed by atoms with Gasteiger partial charge < -0.3 is 19.6 Å². The molecule has 0 aromatic carbocycles. The summed E-state index contributed by atoms with van der Waals surface area (Å²) in [5.41, 5.74) is 2.46. The number of aromatic nitrogens is 4. The molecule has 0 bridgehead atoms. The molecule has 0 fully saturated rings. The van der Waals surface area contributed by atoms with Gasteiger partial charge in [-0.15, -0.1) is 0 Å². The summed E-state index contributed by atoms with van der Waals surface area (Å²) in [6.07, 6.45) is 3.29. The van der Waals surface area contributed by atoms with E-state index < -0.39 is 12.0 Å². The van der Waals surface area contributed by atoms with Crippen LogP contribution in [0.25, 0.3) is 11.4 Å². The molecule has 152 valence electrons. The number of nitrogens with zero attached hydrogens (tertiary/aromatic N) is 3. The number of amides is 1. The molecule has 1 amide bonds. The van der Waals surface area contributed by atoms with E-state index in [2.05, 4.69) is 25.4 Å². The van der Waals surface area contributed by atoms with Crippen molar-refractivity contribution in [2.45, 2.75) is 33.7 Å². The standard InChI is InChI=1S/C20H23N5O4/c1-10(2)15(19-24-17(25-29-19)13-7-6-8-21-9-13)23-18(26)16-11(3)14(12(4)22-16)20(27)28-5/h6-10,15,22H,1-5H3,(H,23,26). The number of pyridine rings is 1. The van der Waals surface area contributed by atoms with Crippen LogP contribution in [0.4, 0.5) is 0 Å². The molecule has 1 unspecified atom stereocenters. The van der Waals surface area contributed by atoms with Crippen molar-refractivity contribution in [3.05, 3.63) is 52.9 Å². The molecule has 3 aromatic heterocycles. The van der Waals surface area contributed by atoms with E-state index in [-0.39, 0.29) is 11.8 Å². The van der Waals surface area contributed by atoms with Crippen LogP contribution in [-0.4, -0.2) is 39.1 Å². The lowest BCUT2D eigenvalue weighted by atomic mass is 10.0. The van der Waals surface area contributed by atoms with Gasteiger partial charge in [0.25, 0.3) is 5.91 Å². The Balaban J connectivity index is 1.86. The average Bonchev–Trinajstić information content (AvgIpc) is 3.30. The van der Waals surface area contributed by atoms with E-state index in [0.717, 1.165) is 5.56 Å². The van der Waals surface area contributed by atoms with Crippen molar-refractivity contribution in [3.63, 3.8) is 0 Å². The van der Waals surface area contributed by atoms with Crippen molar-refractivity contribution in [2.75, 3.05) is 7.11 Å². The zero-order valence-corrected chi connectivity index (χ0v) is 16.9. The largest absolute Gasteiger partial charge is 0.465 e. The Morgan fingerprint density at radius 2 is 2.03 bits per heavy atom. The van der Waals surface area contributed by atoms with E-state index >= 15 is 0 Å². The van der Waals surface area contributed by atoms with Gasteiger partial charge in [0.15, 0.2) is 0 Å². The molecule has 3 rings (SSSR count). The topological polar surface area (TPSA) is 123 Å². The number of hydrogen-bond acceptors (Lipinski definition) is 7. The summed E-state index contributed by atoms with van der Waals surface area (Å²) in [5.74, 6) is -0.193. The number of aryl methyl sites for hydroxylation is 1. The monoisotopic (exact) mass is 397 g/mol. The molecule has 2 N–H and O–H groups in total. The van der Waals surface area contributed by atoms with E-state index in [1.54, 1.807) is 32.3 Å². The van der Waals surface area contributed by atoms with Crippen molar-refractivity contribution in [1.29, 1.82) is 0 Å². The first-order valence-corrected chi connectivity index (χ1v) is 9.15. The number of carbonyl (C=O) groups is 2. The van der Waals surface area contributed by atoms with Crippen LogP contribution in [0.1, 0.15) is 57.9 Å². The number of rotatable bonds is 6. The Kier molecular flexibility index (Phi) is 5.76. The van der Waals surface area contributed by atoms with Crippen molar-refractivity contribution in [2.24, 2.45) is 5.92 Å². The number of H-pyrrole nitrogens is 1. The second-order valence-corrected chi connectivity index (χ2v) is 7.01. The summed E-state index contributed by atoms with van der Waals surface area (Å²) in [6, 6.07) is 3.09. The van der Waals surface area contributed by atoms with E-state index in [9.17, 15) is 9.59 Å². The third kappa shape index (κ3) is 4.03. The smallest absolute Gasteiger partial charge is 0.339 e. The van der Waals surface area contributed by atoms with Crippen molar-refractivity contribution >= 4 is 11.9 Å². The Morgan fingerprint density at radius 3 is 2.66 bits per heavy atom. The summed E-state index contributed by atoms with van der Waals surface area (Å²) in [7, 11) is 1.30. The number of hydrogen-bond donors (Lipinski definition) is 2. The quantitative estimate of drug-likeness (QED) is 0.613. The number of esters is 1. The molecular weight excluding hydrogens is 374 g/mol. The van der Waals surface area contributed by atoms with Gasteiger partial charge >= 0.3 is 5.97 Å². The number of methoxy groups -OCH3 is 1. The van der Waals surface area contributed by atoms with E-state index in [4.69, 9.17) is 9.26 Å². The molecule has 0 aliphatic heterocycles. The summed E-state index contributed by atoms with van der Waals surface area (Å²) < 4.78 is 10.2. The van der Waals surface area contributed by atoms with Crippen LogP contribution in [0.15, 0.2) is 29.0 Å². The average molecular weight is 397 g/mol. The molecule has 0 aliphatic carbocycles. The van der Waals surface area contributed by atoms with Crippen molar-refractivity contribution < 1.29 is 18.8 Å². The zero-order valence-electron chi connectivity index (χ0n) is 16.9. The van der Waals surface area contributed by atoms with Gasteiger partial charge in [-0.05, 0) is 37.5 Å². The fourth-order valence-electron chi connectivity index (χ4n) is 3.09. The van der Waals surface area contributed by atoms with Crippen LogP contribution in [0, 0.1) is 19.8 Å². The minimum Gasteiger partial charge on any atom is -0.465 e. The first kappa shape index (κ1) is 20.2. The minimum absolute atomic E-state index is 0.0161. The molecule has 0 spiro atoms. The van der Waals surface area contributed by atoms with E-state index in [0.29, 0.717) is 34.2 Å². The maximum atomic E-state index is 12.9. The van der Waals surface area contributed by atoms with Crippen molar-refractivity contribution in [3.8, 4) is 11.4 Å². The summed E-state index contributed by atoms with van der Waals surface area (Å²) >= 11 is 0. The molecule has 0 saturated carbocycles. The second kappa shape index (κ2) is 8.26. The fraction of sp³-hybridized carbons (Fsp3) is 0.350. The first-order valence-electron chi connectivity index (χ1n) is 9.15. The van der Waals surface area contributed by atoms with Crippen LogP contribution < -0.4 is 5.32 Å².